The molecule has 0 radical (unpaired) electrons. The van der Waals surface area contributed by atoms with Gasteiger partial charge in [0.2, 0.25) is 0 Å². The van der Waals surface area contributed by atoms with E-state index in [2.05, 4.69) is 10.4 Å². The zero-order valence-corrected chi connectivity index (χ0v) is 15.3. The number of anilines is 1. The van der Waals surface area contributed by atoms with Gasteiger partial charge in [-0.1, -0.05) is 12.1 Å². The van der Waals surface area contributed by atoms with Crippen molar-refractivity contribution in [3.63, 3.8) is 0 Å². The van der Waals surface area contributed by atoms with E-state index in [0.29, 0.717) is 17.2 Å². The molecule has 1 aliphatic rings. The molecular formula is C16H21Cl2N3OS. The SMILES string of the molecule is Cc1csc(C2CCCN(C(=O)c3ccccc3N)C2)n1.Cl.Cl. The van der Waals surface area contributed by atoms with Crippen LogP contribution in [0.5, 0.6) is 0 Å². The molecule has 1 fully saturated rings. The fourth-order valence-electron chi connectivity index (χ4n) is 2.78. The van der Waals surface area contributed by atoms with Crippen molar-refractivity contribution >= 4 is 47.7 Å². The van der Waals surface area contributed by atoms with Crippen molar-refractivity contribution in [1.82, 2.24) is 9.88 Å². The maximum absolute atomic E-state index is 12.6. The van der Waals surface area contributed by atoms with Crippen LogP contribution < -0.4 is 5.73 Å². The number of amides is 1. The first-order valence-corrected chi connectivity index (χ1v) is 8.09. The minimum atomic E-state index is 0. The summed E-state index contributed by atoms with van der Waals surface area (Å²) in [5.74, 6) is 0.386. The fourth-order valence-corrected chi connectivity index (χ4v) is 3.71. The molecule has 23 heavy (non-hydrogen) atoms. The molecule has 7 heteroatoms. The van der Waals surface area contributed by atoms with Crippen LogP contribution in [0.3, 0.4) is 0 Å². The summed E-state index contributed by atoms with van der Waals surface area (Å²) in [7, 11) is 0. The molecule has 0 saturated carbocycles. The first-order valence-electron chi connectivity index (χ1n) is 7.21. The van der Waals surface area contributed by atoms with Gasteiger partial charge in [0.25, 0.3) is 5.91 Å². The van der Waals surface area contributed by atoms with Gasteiger partial charge in [-0.05, 0) is 31.9 Å². The third-order valence-electron chi connectivity index (χ3n) is 3.89. The molecule has 1 amide bonds. The third-order valence-corrected chi connectivity index (χ3v) is 5.01. The Morgan fingerprint density at radius 3 is 2.74 bits per heavy atom. The van der Waals surface area contributed by atoms with Gasteiger partial charge < -0.3 is 10.6 Å². The van der Waals surface area contributed by atoms with Crippen LogP contribution in [0.15, 0.2) is 29.6 Å². The molecule has 3 rings (SSSR count). The highest BCUT2D eigenvalue weighted by Gasteiger charge is 2.27. The summed E-state index contributed by atoms with van der Waals surface area (Å²) in [5, 5.41) is 3.22. The lowest BCUT2D eigenvalue weighted by atomic mass is 9.98. The number of rotatable bonds is 2. The van der Waals surface area contributed by atoms with Crippen molar-refractivity contribution < 1.29 is 4.79 Å². The van der Waals surface area contributed by atoms with Crippen LogP contribution in [0.2, 0.25) is 0 Å². The summed E-state index contributed by atoms with van der Waals surface area (Å²) in [6.07, 6.45) is 2.11. The number of halogens is 2. The Morgan fingerprint density at radius 2 is 2.09 bits per heavy atom. The summed E-state index contributed by atoms with van der Waals surface area (Å²) in [6, 6.07) is 7.28. The number of hydrogen-bond donors (Lipinski definition) is 1. The van der Waals surface area contributed by atoms with Gasteiger partial charge in [0.05, 0.1) is 10.6 Å². The van der Waals surface area contributed by atoms with Gasteiger partial charge in [-0.15, -0.1) is 36.2 Å². The van der Waals surface area contributed by atoms with E-state index in [4.69, 9.17) is 5.73 Å². The average Bonchev–Trinajstić information content (AvgIpc) is 2.94. The Labute approximate surface area is 152 Å². The largest absolute Gasteiger partial charge is 0.398 e. The molecule has 1 unspecified atom stereocenters. The predicted molar refractivity (Wildman–Crippen MR) is 100 cm³/mol. The molecule has 2 aromatic rings. The van der Waals surface area contributed by atoms with Gasteiger partial charge in [-0.3, -0.25) is 4.79 Å². The number of carbonyl (C=O) groups excluding carboxylic acids is 1. The summed E-state index contributed by atoms with van der Waals surface area (Å²) < 4.78 is 0. The van der Waals surface area contributed by atoms with Crippen LogP contribution >= 0.6 is 36.2 Å². The number of para-hydroxylation sites is 1. The highest BCUT2D eigenvalue weighted by Crippen LogP contribution is 2.30. The second kappa shape index (κ2) is 8.52. The van der Waals surface area contributed by atoms with Crippen molar-refractivity contribution in [3.05, 3.63) is 45.9 Å². The van der Waals surface area contributed by atoms with Gasteiger partial charge in [-0.25, -0.2) is 4.98 Å². The molecule has 0 aliphatic carbocycles. The van der Waals surface area contributed by atoms with Gasteiger partial charge >= 0.3 is 0 Å². The smallest absolute Gasteiger partial charge is 0.255 e. The molecule has 2 heterocycles. The van der Waals surface area contributed by atoms with E-state index in [1.807, 2.05) is 24.0 Å². The van der Waals surface area contributed by atoms with Crippen LogP contribution in [-0.4, -0.2) is 28.9 Å². The van der Waals surface area contributed by atoms with E-state index in [1.165, 1.54) is 0 Å². The molecule has 1 saturated heterocycles. The van der Waals surface area contributed by atoms with Crippen LogP contribution in [0, 0.1) is 6.92 Å². The zero-order chi connectivity index (χ0) is 14.8. The minimum absolute atomic E-state index is 0. The van der Waals surface area contributed by atoms with Crippen molar-refractivity contribution in [2.75, 3.05) is 18.8 Å². The van der Waals surface area contributed by atoms with Crippen molar-refractivity contribution in [2.24, 2.45) is 0 Å². The third kappa shape index (κ3) is 4.37. The van der Waals surface area contributed by atoms with Gasteiger partial charge in [0.1, 0.15) is 0 Å². The molecule has 1 aromatic heterocycles. The minimum Gasteiger partial charge on any atom is -0.398 e. The van der Waals surface area contributed by atoms with Crippen molar-refractivity contribution in [1.29, 1.82) is 0 Å². The molecular weight excluding hydrogens is 353 g/mol. The molecule has 126 valence electrons. The highest BCUT2D eigenvalue weighted by molar-refractivity contribution is 7.09. The van der Waals surface area contributed by atoms with Crippen molar-refractivity contribution in [2.45, 2.75) is 25.7 Å². The lowest BCUT2D eigenvalue weighted by Crippen LogP contribution is -2.39. The molecule has 1 aromatic carbocycles. The number of nitrogens with two attached hydrogens (primary N) is 1. The van der Waals surface area contributed by atoms with Gasteiger partial charge in [0.15, 0.2) is 0 Å². The number of nitrogen functional groups attached to an aromatic ring is 1. The van der Waals surface area contributed by atoms with Crippen LogP contribution in [0.4, 0.5) is 5.69 Å². The Hall–Kier alpha value is -1.30. The zero-order valence-electron chi connectivity index (χ0n) is 12.9. The first kappa shape index (κ1) is 19.7. The van der Waals surface area contributed by atoms with Crippen LogP contribution in [0.1, 0.15) is 39.8 Å². The standard InChI is InChI=1S/C16H19N3OS.2ClH/c1-11-10-21-15(18-11)12-5-4-8-19(9-12)16(20)13-6-2-3-7-14(13)17;;/h2-3,6-7,10,12H,4-5,8-9,17H2,1H3;2*1H. The van der Waals surface area contributed by atoms with E-state index in [9.17, 15) is 4.79 Å². The topological polar surface area (TPSA) is 59.2 Å². The maximum atomic E-state index is 12.6. The predicted octanol–water partition coefficient (Wildman–Crippen LogP) is 3.90. The number of benzene rings is 1. The van der Waals surface area contributed by atoms with Crippen molar-refractivity contribution in [3.8, 4) is 0 Å². The second-order valence-corrected chi connectivity index (χ2v) is 6.39. The molecule has 1 atom stereocenters. The Balaban J connectivity index is 0.00000132. The van der Waals surface area contributed by atoms with Crippen LogP contribution in [-0.2, 0) is 0 Å². The molecule has 1 aliphatic heterocycles. The normalized spacial score (nSPS) is 17.1. The number of likely N-dealkylation sites (tertiary alicyclic amines) is 1. The fraction of sp³-hybridized carbons (Fsp3) is 0.375. The number of hydrogen-bond acceptors (Lipinski definition) is 4. The maximum Gasteiger partial charge on any atom is 0.255 e. The number of nitrogens with zero attached hydrogens (tertiary/aromatic N) is 2. The summed E-state index contributed by atoms with van der Waals surface area (Å²) in [6.45, 7) is 3.55. The lowest BCUT2D eigenvalue weighted by molar-refractivity contribution is 0.0708. The number of aryl methyl sites for hydroxylation is 1. The quantitative estimate of drug-likeness (QED) is 0.812. The first-order chi connectivity index (χ1) is 10.1. The Morgan fingerprint density at radius 1 is 1.35 bits per heavy atom. The molecule has 2 N–H and O–H groups in total. The summed E-state index contributed by atoms with van der Waals surface area (Å²) in [4.78, 5) is 19.1. The summed E-state index contributed by atoms with van der Waals surface area (Å²) >= 11 is 1.70. The van der Waals surface area contributed by atoms with E-state index >= 15 is 0 Å². The van der Waals surface area contributed by atoms with E-state index < -0.39 is 0 Å². The number of thiazole rings is 1. The molecule has 4 nitrogen and oxygen atoms in total. The van der Waals surface area contributed by atoms with E-state index in [-0.39, 0.29) is 30.7 Å². The second-order valence-electron chi connectivity index (χ2n) is 5.50. The van der Waals surface area contributed by atoms with E-state index in [1.54, 1.807) is 23.5 Å². The average molecular weight is 374 g/mol. The number of piperidine rings is 1. The Bertz CT molecular complexity index is 662. The van der Waals surface area contributed by atoms with Crippen LogP contribution in [0.25, 0.3) is 0 Å². The molecule has 0 bridgehead atoms. The van der Waals surface area contributed by atoms with E-state index in [0.717, 1.165) is 36.6 Å². The van der Waals surface area contributed by atoms with Gasteiger partial charge in [-0.2, -0.15) is 0 Å². The number of carbonyl (C=O) groups is 1. The monoisotopic (exact) mass is 373 g/mol. The molecule has 0 spiro atoms. The highest BCUT2D eigenvalue weighted by atomic mass is 35.5. The number of aromatic nitrogens is 1. The summed E-state index contributed by atoms with van der Waals surface area (Å²) in [5.41, 5.74) is 8.14. The van der Waals surface area contributed by atoms with Gasteiger partial charge in [0, 0.05) is 35.8 Å². The Kier molecular flexibility index (Phi) is 7.32. The lowest BCUT2D eigenvalue weighted by Gasteiger charge is -2.32.